The number of rotatable bonds is 6. The molecule has 14 heavy (non-hydrogen) atoms. The molecule has 3 heteroatoms. The van der Waals surface area contributed by atoms with Gasteiger partial charge in [0.25, 0.3) is 0 Å². The highest BCUT2D eigenvalue weighted by atomic mass is 79.9. The lowest BCUT2D eigenvalue weighted by atomic mass is 10.2. The van der Waals surface area contributed by atoms with E-state index >= 15 is 0 Å². The summed E-state index contributed by atoms with van der Waals surface area (Å²) >= 11 is 9.11. The Morgan fingerprint density at radius 1 is 1.21 bits per heavy atom. The summed E-state index contributed by atoms with van der Waals surface area (Å²) in [7, 11) is 0. The zero-order chi connectivity index (χ0) is 10.2. The van der Waals surface area contributed by atoms with Gasteiger partial charge < -0.3 is 5.32 Å². The summed E-state index contributed by atoms with van der Waals surface area (Å²) in [4.78, 5) is 0. The third-order valence-corrected chi connectivity index (χ3v) is 3.05. The van der Waals surface area contributed by atoms with Crippen LogP contribution in [0.25, 0.3) is 0 Å². The zero-order valence-corrected chi connectivity index (χ0v) is 10.4. The summed E-state index contributed by atoms with van der Waals surface area (Å²) < 4.78 is 1.17. The Labute approximate surface area is 99.0 Å². The van der Waals surface area contributed by atoms with Gasteiger partial charge in [-0.05, 0) is 31.0 Å². The lowest BCUT2D eigenvalue weighted by Crippen LogP contribution is -2.14. The largest absolute Gasteiger partial charge is 0.313 e. The zero-order valence-electron chi connectivity index (χ0n) is 8.10. The Kier molecular flexibility index (Phi) is 6.24. The van der Waals surface area contributed by atoms with Gasteiger partial charge in [0.2, 0.25) is 0 Å². The van der Waals surface area contributed by atoms with Crippen LogP contribution in [-0.4, -0.2) is 12.4 Å². The van der Waals surface area contributed by atoms with E-state index in [0.29, 0.717) is 0 Å². The fourth-order valence-corrected chi connectivity index (χ4v) is 1.82. The lowest BCUT2D eigenvalue weighted by molar-refractivity contribution is 0.642. The molecule has 0 spiro atoms. The van der Waals surface area contributed by atoms with E-state index in [9.17, 15) is 0 Å². The van der Waals surface area contributed by atoms with Gasteiger partial charge in [-0.2, -0.15) is 0 Å². The average Bonchev–Trinajstić information content (AvgIpc) is 2.20. The molecule has 0 bridgehead atoms. The van der Waals surface area contributed by atoms with Crippen molar-refractivity contribution < 1.29 is 0 Å². The Bertz CT molecular complexity index is 265. The van der Waals surface area contributed by atoms with E-state index in [1.807, 2.05) is 6.07 Å². The molecule has 1 rings (SSSR count). The SMILES string of the molecule is ClCCCCNCc1ccccc1Br. The van der Waals surface area contributed by atoms with Crippen LogP contribution in [0.4, 0.5) is 0 Å². The van der Waals surface area contributed by atoms with Crippen LogP contribution in [0.5, 0.6) is 0 Å². The Balaban J connectivity index is 2.21. The maximum atomic E-state index is 5.59. The minimum Gasteiger partial charge on any atom is -0.313 e. The number of unbranched alkanes of at least 4 members (excludes halogenated alkanes) is 1. The molecule has 0 aliphatic rings. The van der Waals surface area contributed by atoms with Crippen molar-refractivity contribution >= 4 is 27.5 Å². The molecule has 0 fully saturated rings. The van der Waals surface area contributed by atoms with E-state index < -0.39 is 0 Å². The number of nitrogens with one attached hydrogen (secondary N) is 1. The highest BCUT2D eigenvalue weighted by molar-refractivity contribution is 9.10. The molecule has 0 aliphatic heterocycles. The minimum atomic E-state index is 0.761. The normalized spacial score (nSPS) is 10.4. The first-order valence-corrected chi connectivity index (χ1v) is 6.17. The molecule has 0 unspecified atom stereocenters. The quantitative estimate of drug-likeness (QED) is 0.619. The molecule has 1 nitrogen and oxygen atoms in total. The monoisotopic (exact) mass is 275 g/mol. The molecular weight excluding hydrogens is 261 g/mol. The third-order valence-electron chi connectivity index (χ3n) is 2.01. The van der Waals surface area contributed by atoms with Gasteiger partial charge in [-0.3, -0.25) is 0 Å². The first kappa shape index (κ1) is 12.0. The number of alkyl halides is 1. The predicted octanol–water partition coefficient (Wildman–Crippen LogP) is 3.56. The number of hydrogen-bond donors (Lipinski definition) is 1. The second kappa shape index (κ2) is 7.27. The topological polar surface area (TPSA) is 12.0 Å². The van der Waals surface area contributed by atoms with Gasteiger partial charge in [0.05, 0.1) is 0 Å². The summed E-state index contributed by atoms with van der Waals surface area (Å²) in [6, 6.07) is 8.27. The summed E-state index contributed by atoms with van der Waals surface area (Å²) in [6.07, 6.45) is 2.23. The van der Waals surface area contributed by atoms with Crippen molar-refractivity contribution in [3.8, 4) is 0 Å². The second-order valence-electron chi connectivity index (χ2n) is 3.16. The molecule has 0 saturated heterocycles. The summed E-state index contributed by atoms with van der Waals surface area (Å²) in [5.74, 6) is 0.761. The van der Waals surface area contributed by atoms with Gasteiger partial charge in [-0.25, -0.2) is 0 Å². The third kappa shape index (κ3) is 4.45. The van der Waals surface area contributed by atoms with E-state index in [0.717, 1.165) is 31.8 Å². The van der Waals surface area contributed by atoms with Gasteiger partial charge in [0, 0.05) is 16.9 Å². The van der Waals surface area contributed by atoms with Crippen LogP contribution >= 0.6 is 27.5 Å². The highest BCUT2D eigenvalue weighted by Gasteiger charge is 1.96. The Morgan fingerprint density at radius 2 is 2.00 bits per heavy atom. The Hall–Kier alpha value is -0.0500. The van der Waals surface area contributed by atoms with Gasteiger partial charge >= 0.3 is 0 Å². The maximum absolute atomic E-state index is 5.59. The summed E-state index contributed by atoms with van der Waals surface area (Å²) in [5.41, 5.74) is 1.30. The predicted molar refractivity (Wildman–Crippen MR) is 65.8 cm³/mol. The molecule has 0 aromatic heterocycles. The number of benzene rings is 1. The number of hydrogen-bond acceptors (Lipinski definition) is 1. The fraction of sp³-hybridized carbons (Fsp3) is 0.455. The van der Waals surface area contributed by atoms with Crippen LogP contribution in [0, 0.1) is 0 Å². The van der Waals surface area contributed by atoms with Gasteiger partial charge in [0.1, 0.15) is 0 Å². The average molecular weight is 277 g/mol. The van der Waals surface area contributed by atoms with Crippen molar-refractivity contribution in [1.82, 2.24) is 5.32 Å². The highest BCUT2D eigenvalue weighted by Crippen LogP contribution is 2.15. The summed E-state index contributed by atoms with van der Waals surface area (Å²) in [5, 5.41) is 3.39. The van der Waals surface area contributed by atoms with E-state index in [1.54, 1.807) is 0 Å². The molecule has 0 aliphatic carbocycles. The molecule has 1 aromatic carbocycles. The van der Waals surface area contributed by atoms with Crippen LogP contribution in [0.3, 0.4) is 0 Å². The first-order valence-electron chi connectivity index (χ1n) is 4.84. The van der Waals surface area contributed by atoms with Gasteiger partial charge in [-0.15, -0.1) is 11.6 Å². The molecule has 78 valence electrons. The lowest BCUT2D eigenvalue weighted by Gasteiger charge is -2.05. The molecular formula is C11H15BrClN. The van der Waals surface area contributed by atoms with E-state index in [4.69, 9.17) is 11.6 Å². The van der Waals surface area contributed by atoms with E-state index in [1.165, 1.54) is 10.0 Å². The molecule has 0 heterocycles. The molecule has 0 atom stereocenters. The molecule has 0 amide bonds. The second-order valence-corrected chi connectivity index (χ2v) is 4.40. The van der Waals surface area contributed by atoms with E-state index in [2.05, 4.69) is 39.4 Å². The molecule has 1 N–H and O–H groups in total. The van der Waals surface area contributed by atoms with Crippen LogP contribution in [0.15, 0.2) is 28.7 Å². The fourth-order valence-electron chi connectivity index (χ4n) is 1.21. The van der Waals surface area contributed by atoms with Crippen LogP contribution in [-0.2, 0) is 6.54 Å². The summed E-state index contributed by atoms with van der Waals surface area (Å²) in [6.45, 7) is 1.96. The van der Waals surface area contributed by atoms with Crippen molar-refractivity contribution in [3.05, 3.63) is 34.3 Å². The van der Waals surface area contributed by atoms with Crippen LogP contribution < -0.4 is 5.32 Å². The van der Waals surface area contributed by atoms with Gasteiger partial charge in [0.15, 0.2) is 0 Å². The number of halogens is 2. The standard InChI is InChI=1S/C11H15BrClN/c12-11-6-2-1-5-10(11)9-14-8-4-3-7-13/h1-2,5-6,14H,3-4,7-9H2. The Morgan fingerprint density at radius 3 is 2.71 bits per heavy atom. The minimum absolute atomic E-state index is 0.761. The first-order chi connectivity index (χ1) is 6.84. The van der Waals surface area contributed by atoms with Crippen molar-refractivity contribution in [2.75, 3.05) is 12.4 Å². The van der Waals surface area contributed by atoms with Crippen LogP contribution in [0.2, 0.25) is 0 Å². The smallest absolute Gasteiger partial charge is 0.0223 e. The maximum Gasteiger partial charge on any atom is 0.0223 e. The van der Waals surface area contributed by atoms with Crippen molar-refractivity contribution in [1.29, 1.82) is 0 Å². The molecule has 0 radical (unpaired) electrons. The van der Waals surface area contributed by atoms with Crippen LogP contribution in [0.1, 0.15) is 18.4 Å². The van der Waals surface area contributed by atoms with Crippen molar-refractivity contribution in [2.45, 2.75) is 19.4 Å². The van der Waals surface area contributed by atoms with Crippen molar-refractivity contribution in [3.63, 3.8) is 0 Å². The van der Waals surface area contributed by atoms with Gasteiger partial charge in [-0.1, -0.05) is 34.1 Å². The molecule has 0 saturated carbocycles. The van der Waals surface area contributed by atoms with E-state index in [-0.39, 0.29) is 0 Å². The van der Waals surface area contributed by atoms with Crippen molar-refractivity contribution in [2.24, 2.45) is 0 Å². The molecule has 1 aromatic rings.